The van der Waals surface area contributed by atoms with E-state index in [1.54, 1.807) is 6.07 Å². The highest BCUT2D eigenvalue weighted by molar-refractivity contribution is 9.10. The monoisotopic (exact) mass is 416 g/mol. The van der Waals surface area contributed by atoms with Crippen molar-refractivity contribution in [2.24, 2.45) is 0 Å². The van der Waals surface area contributed by atoms with Crippen molar-refractivity contribution >= 4 is 27.5 Å². The Morgan fingerprint density at radius 1 is 1.44 bits per heavy atom. The Hall–Kier alpha value is -2.36. The molecule has 0 unspecified atom stereocenters. The van der Waals surface area contributed by atoms with Gasteiger partial charge in [0.15, 0.2) is 22.8 Å². The van der Waals surface area contributed by atoms with Crippen LogP contribution in [0.3, 0.4) is 0 Å². The summed E-state index contributed by atoms with van der Waals surface area (Å²) in [4.78, 5) is 16.3. The van der Waals surface area contributed by atoms with Crippen LogP contribution < -0.4 is 5.32 Å². The van der Waals surface area contributed by atoms with Crippen molar-refractivity contribution in [2.45, 2.75) is 19.5 Å². The number of nitrogens with one attached hydrogen (secondary N) is 1. The topological polar surface area (TPSA) is 72.4 Å². The molecule has 25 heavy (non-hydrogen) atoms. The normalized spacial score (nSPS) is 11.9. The van der Waals surface area contributed by atoms with Crippen LogP contribution in [-0.2, 0) is 6.18 Å². The Morgan fingerprint density at radius 3 is 2.80 bits per heavy atom. The summed E-state index contributed by atoms with van der Waals surface area (Å²) in [5.74, 6) is -0.398. The van der Waals surface area contributed by atoms with Crippen LogP contribution in [0.15, 0.2) is 33.4 Å². The van der Waals surface area contributed by atoms with Crippen molar-refractivity contribution in [1.29, 1.82) is 0 Å². The number of hydrogen-bond donors (Lipinski definition) is 1. The maximum Gasteiger partial charge on any atom is 0.433 e. The first-order chi connectivity index (χ1) is 11.8. The van der Waals surface area contributed by atoms with E-state index < -0.39 is 17.8 Å². The number of carbonyl (C=O) groups is 1. The number of amides is 1. The van der Waals surface area contributed by atoms with Gasteiger partial charge in [-0.25, -0.2) is 9.50 Å². The Balaban J connectivity index is 2.22. The van der Waals surface area contributed by atoms with E-state index in [-0.39, 0.29) is 27.3 Å². The smallest absolute Gasteiger partial charge is 0.433 e. The number of aromatic nitrogens is 3. The molecule has 0 fully saturated rings. The lowest BCUT2D eigenvalue weighted by Crippen LogP contribution is -2.25. The fourth-order valence-electron chi connectivity index (χ4n) is 2.21. The molecule has 3 aromatic rings. The van der Waals surface area contributed by atoms with Crippen LogP contribution in [0.25, 0.3) is 17.1 Å². The highest BCUT2D eigenvalue weighted by Crippen LogP contribution is 2.34. The zero-order valence-electron chi connectivity index (χ0n) is 12.9. The molecule has 0 aliphatic heterocycles. The quantitative estimate of drug-likeness (QED) is 0.699. The first-order valence-corrected chi connectivity index (χ1v) is 8.10. The summed E-state index contributed by atoms with van der Waals surface area (Å²) in [5, 5.41) is 6.38. The lowest BCUT2D eigenvalue weighted by Gasteiger charge is -2.10. The fraction of sp³-hybridized carbons (Fsp3) is 0.267. The minimum absolute atomic E-state index is 0.00839. The molecule has 0 spiro atoms. The molecule has 0 aliphatic carbocycles. The molecule has 0 saturated carbocycles. The van der Waals surface area contributed by atoms with Crippen molar-refractivity contribution in [3.63, 3.8) is 0 Å². The lowest BCUT2D eigenvalue weighted by molar-refractivity contribution is -0.142. The Morgan fingerprint density at radius 2 is 2.20 bits per heavy atom. The Labute approximate surface area is 148 Å². The Kier molecular flexibility index (Phi) is 4.55. The van der Waals surface area contributed by atoms with Gasteiger partial charge >= 0.3 is 6.18 Å². The van der Waals surface area contributed by atoms with Crippen LogP contribution >= 0.6 is 15.9 Å². The summed E-state index contributed by atoms with van der Waals surface area (Å²) >= 11 is 3.14. The predicted molar refractivity (Wildman–Crippen MR) is 86.0 cm³/mol. The first kappa shape index (κ1) is 17.5. The minimum atomic E-state index is -4.69. The number of rotatable bonds is 4. The molecule has 0 aromatic carbocycles. The highest BCUT2D eigenvalue weighted by atomic mass is 79.9. The third kappa shape index (κ3) is 3.26. The number of furan rings is 1. The summed E-state index contributed by atoms with van der Waals surface area (Å²) in [6.07, 6.45) is -2.67. The second-order valence-electron chi connectivity index (χ2n) is 5.16. The van der Waals surface area contributed by atoms with Crippen LogP contribution in [0.4, 0.5) is 13.2 Å². The molecule has 0 saturated heterocycles. The van der Waals surface area contributed by atoms with Gasteiger partial charge in [0.05, 0.1) is 10.7 Å². The van der Waals surface area contributed by atoms with Crippen LogP contribution in [0.5, 0.6) is 0 Å². The lowest BCUT2D eigenvalue weighted by atomic mass is 10.2. The third-order valence-electron chi connectivity index (χ3n) is 3.35. The SMILES string of the molecule is CCCNC(=O)c1nn2c(C(F)(F)F)cc(-c3ccco3)nc2c1Br. The summed E-state index contributed by atoms with van der Waals surface area (Å²) in [6, 6.07) is 3.88. The summed E-state index contributed by atoms with van der Waals surface area (Å²) in [6.45, 7) is 2.24. The van der Waals surface area contributed by atoms with Gasteiger partial charge in [-0.05, 0) is 40.5 Å². The molecule has 0 radical (unpaired) electrons. The van der Waals surface area contributed by atoms with E-state index in [2.05, 4.69) is 31.3 Å². The molecule has 6 nitrogen and oxygen atoms in total. The molecule has 0 aliphatic rings. The summed E-state index contributed by atoms with van der Waals surface area (Å²) in [7, 11) is 0. The molecular formula is C15H12BrF3N4O2. The third-order valence-corrected chi connectivity index (χ3v) is 4.08. The van der Waals surface area contributed by atoms with E-state index in [0.29, 0.717) is 17.5 Å². The van der Waals surface area contributed by atoms with Crippen LogP contribution in [-0.4, -0.2) is 27.0 Å². The number of hydrogen-bond acceptors (Lipinski definition) is 4. The number of alkyl halides is 3. The van der Waals surface area contributed by atoms with Crippen LogP contribution in [0, 0.1) is 0 Å². The minimum Gasteiger partial charge on any atom is -0.463 e. The van der Waals surface area contributed by atoms with Gasteiger partial charge in [-0.1, -0.05) is 6.92 Å². The van der Waals surface area contributed by atoms with Gasteiger partial charge < -0.3 is 9.73 Å². The van der Waals surface area contributed by atoms with Crippen molar-refractivity contribution in [3.8, 4) is 11.5 Å². The first-order valence-electron chi connectivity index (χ1n) is 7.31. The molecule has 132 valence electrons. The standard InChI is InChI=1S/C15H12BrF3N4O2/c1-2-5-20-14(24)12-11(16)13-21-8(9-4-3-6-25-9)7-10(15(17,18)19)23(13)22-12/h3-4,6-7H,2,5H2,1H3,(H,20,24). The molecule has 10 heteroatoms. The van der Waals surface area contributed by atoms with Gasteiger partial charge in [0, 0.05) is 6.54 Å². The van der Waals surface area contributed by atoms with Gasteiger partial charge in [0.2, 0.25) is 0 Å². The molecule has 1 amide bonds. The van der Waals surface area contributed by atoms with Crippen molar-refractivity contribution in [2.75, 3.05) is 6.54 Å². The van der Waals surface area contributed by atoms with Gasteiger partial charge in [-0.3, -0.25) is 4.79 Å². The van der Waals surface area contributed by atoms with E-state index >= 15 is 0 Å². The molecule has 0 atom stereocenters. The Bertz CT molecular complexity index is 919. The van der Waals surface area contributed by atoms with E-state index in [1.807, 2.05) is 6.92 Å². The van der Waals surface area contributed by atoms with Crippen LogP contribution in [0.2, 0.25) is 0 Å². The molecular weight excluding hydrogens is 405 g/mol. The number of fused-ring (bicyclic) bond motifs is 1. The van der Waals surface area contributed by atoms with Crippen LogP contribution in [0.1, 0.15) is 29.5 Å². The molecule has 1 N–H and O–H groups in total. The molecule has 0 bridgehead atoms. The van der Waals surface area contributed by atoms with E-state index in [0.717, 1.165) is 6.07 Å². The average molecular weight is 417 g/mol. The molecule has 3 heterocycles. The fourth-order valence-corrected chi connectivity index (χ4v) is 2.73. The van der Waals surface area contributed by atoms with Gasteiger partial charge in [-0.15, -0.1) is 0 Å². The van der Waals surface area contributed by atoms with Gasteiger partial charge in [0.1, 0.15) is 5.69 Å². The average Bonchev–Trinajstić information content (AvgIpc) is 3.19. The number of nitrogens with zero attached hydrogens (tertiary/aromatic N) is 3. The van der Waals surface area contributed by atoms with Crippen molar-refractivity contribution in [3.05, 3.63) is 40.3 Å². The van der Waals surface area contributed by atoms with E-state index in [9.17, 15) is 18.0 Å². The van der Waals surface area contributed by atoms with Gasteiger partial charge in [0.25, 0.3) is 5.91 Å². The summed E-state index contributed by atoms with van der Waals surface area (Å²) < 4.78 is 46.2. The van der Waals surface area contributed by atoms with E-state index in [4.69, 9.17) is 4.42 Å². The number of halogens is 4. The second-order valence-corrected chi connectivity index (χ2v) is 5.95. The predicted octanol–water partition coefficient (Wildman–Crippen LogP) is 3.91. The van der Waals surface area contributed by atoms with Crippen molar-refractivity contribution in [1.82, 2.24) is 19.9 Å². The maximum atomic E-state index is 13.4. The molecule has 3 rings (SSSR count). The zero-order valence-corrected chi connectivity index (χ0v) is 14.5. The zero-order chi connectivity index (χ0) is 18.2. The van der Waals surface area contributed by atoms with E-state index in [1.165, 1.54) is 12.3 Å². The van der Waals surface area contributed by atoms with Crippen molar-refractivity contribution < 1.29 is 22.4 Å². The molecule has 3 aromatic heterocycles. The summed E-state index contributed by atoms with van der Waals surface area (Å²) in [5.41, 5.74) is -1.35. The largest absolute Gasteiger partial charge is 0.463 e. The maximum absolute atomic E-state index is 13.4. The highest BCUT2D eigenvalue weighted by Gasteiger charge is 2.36. The second kappa shape index (κ2) is 6.51. The number of carbonyl (C=O) groups excluding carboxylic acids is 1. The van der Waals surface area contributed by atoms with Gasteiger partial charge in [-0.2, -0.15) is 18.3 Å².